The normalized spacial score (nSPS) is 15.9. The number of amides is 2. The Hall–Kier alpha value is -2.84. The zero-order valence-electron chi connectivity index (χ0n) is 16.1. The van der Waals surface area contributed by atoms with Crippen LogP contribution in [-0.2, 0) is 4.79 Å². The molecule has 1 atom stereocenters. The number of ketones is 1. The van der Waals surface area contributed by atoms with Crippen molar-refractivity contribution in [2.24, 2.45) is 5.92 Å². The first kappa shape index (κ1) is 21.9. The zero-order valence-corrected chi connectivity index (χ0v) is 17.7. The van der Waals surface area contributed by atoms with Crippen molar-refractivity contribution in [3.05, 3.63) is 74.8 Å². The van der Waals surface area contributed by atoms with Gasteiger partial charge in [-0.3, -0.25) is 14.4 Å². The predicted octanol–water partition coefficient (Wildman–Crippen LogP) is 5.06. The van der Waals surface area contributed by atoms with Gasteiger partial charge in [0.15, 0.2) is 5.76 Å². The van der Waals surface area contributed by atoms with Crippen molar-refractivity contribution in [1.82, 2.24) is 5.32 Å². The van der Waals surface area contributed by atoms with Crippen LogP contribution in [0.1, 0.15) is 40.0 Å². The molecule has 2 aromatic rings. The number of carbonyl (C=O) groups excluding carboxylic acids is 3. The third-order valence-corrected chi connectivity index (χ3v) is 5.39. The lowest BCUT2D eigenvalue weighted by Gasteiger charge is -2.05. The molecular formula is C21H18ClFN2O4S. The number of aryl methyl sites for hydroxylation is 1. The number of anilines is 1. The van der Waals surface area contributed by atoms with Gasteiger partial charge in [-0.25, -0.2) is 4.39 Å². The Balaban J connectivity index is 1.70. The molecule has 0 fully saturated rings. The summed E-state index contributed by atoms with van der Waals surface area (Å²) in [5.74, 6) is -2.70. The molecule has 0 saturated heterocycles. The summed E-state index contributed by atoms with van der Waals surface area (Å²) in [7, 11) is 0. The van der Waals surface area contributed by atoms with Crippen LogP contribution >= 0.6 is 23.4 Å². The maximum Gasteiger partial charge on any atom is 0.300 e. The Kier molecular flexibility index (Phi) is 6.79. The fourth-order valence-electron chi connectivity index (χ4n) is 2.62. The maximum atomic E-state index is 13.3. The average molecular weight is 449 g/mol. The Labute approximate surface area is 181 Å². The highest BCUT2D eigenvalue weighted by molar-refractivity contribution is 8.05. The second-order valence-electron chi connectivity index (χ2n) is 6.67. The summed E-state index contributed by atoms with van der Waals surface area (Å²) >= 11 is 7.02. The van der Waals surface area contributed by atoms with Crippen LogP contribution in [0.15, 0.2) is 51.3 Å². The van der Waals surface area contributed by atoms with E-state index < -0.39 is 23.4 Å². The monoisotopic (exact) mass is 448 g/mol. The van der Waals surface area contributed by atoms with Crippen LogP contribution in [0.3, 0.4) is 0 Å². The van der Waals surface area contributed by atoms with Gasteiger partial charge in [0.05, 0.1) is 15.6 Å². The van der Waals surface area contributed by atoms with Crippen molar-refractivity contribution in [3.63, 3.8) is 0 Å². The molecule has 30 heavy (non-hydrogen) atoms. The molecule has 6 nitrogen and oxygen atoms in total. The molecule has 3 rings (SSSR count). The van der Waals surface area contributed by atoms with Crippen molar-refractivity contribution in [1.29, 1.82) is 0 Å². The molecular weight excluding hydrogens is 431 g/mol. The molecule has 1 unspecified atom stereocenters. The fourth-order valence-corrected chi connectivity index (χ4v) is 3.64. The summed E-state index contributed by atoms with van der Waals surface area (Å²) in [6, 6.07) is 4.93. The van der Waals surface area contributed by atoms with E-state index in [-0.39, 0.29) is 27.8 Å². The standard InChI is InChI=1S/C21H18ClFN2O4S/c1-11-3-6-18(30-8-7-11)25-21(28)19(26)17-10-14(12(2)29-17)20(27)24-13-4-5-16(23)15(22)9-13/h4-11H,3H2,1-2H3,(H,24,27)(H,25,28). The second kappa shape index (κ2) is 9.32. The van der Waals surface area contributed by atoms with Gasteiger partial charge >= 0.3 is 5.91 Å². The maximum absolute atomic E-state index is 13.3. The summed E-state index contributed by atoms with van der Waals surface area (Å²) in [5, 5.41) is 7.38. The largest absolute Gasteiger partial charge is 0.457 e. The van der Waals surface area contributed by atoms with E-state index >= 15 is 0 Å². The number of halogens is 2. The van der Waals surface area contributed by atoms with E-state index in [0.29, 0.717) is 10.9 Å². The Bertz CT molecular complexity index is 1080. The van der Waals surface area contributed by atoms with Crippen molar-refractivity contribution in [3.8, 4) is 0 Å². The van der Waals surface area contributed by atoms with Gasteiger partial charge in [0.25, 0.3) is 11.7 Å². The van der Waals surface area contributed by atoms with E-state index in [2.05, 4.69) is 10.6 Å². The summed E-state index contributed by atoms with van der Waals surface area (Å²) in [4.78, 5) is 37.2. The summed E-state index contributed by atoms with van der Waals surface area (Å²) in [5.41, 5.74) is 0.351. The van der Waals surface area contributed by atoms with E-state index in [1.54, 1.807) is 0 Å². The highest BCUT2D eigenvalue weighted by Gasteiger charge is 2.25. The zero-order chi connectivity index (χ0) is 21.8. The van der Waals surface area contributed by atoms with Crippen molar-refractivity contribution in [2.45, 2.75) is 20.3 Å². The van der Waals surface area contributed by atoms with Crippen molar-refractivity contribution in [2.75, 3.05) is 5.32 Å². The Morgan fingerprint density at radius 1 is 1.23 bits per heavy atom. The van der Waals surface area contributed by atoms with Crippen LogP contribution in [0.4, 0.5) is 10.1 Å². The van der Waals surface area contributed by atoms with Crippen LogP contribution < -0.4 is 10.6 Å². The molecule has 1 aromatic carbocycles. The van der Waals surface area contributed by atoms with Crippen molar-refractivity contribution < 1.29 is 23.2 Å². The molecule has 2 amide bonds. The minimum Gasteiger partial charge on any atom is -0.457 e. The lowest BCUT2D eigenvalue weighted by molar-refractivity contribution is -0.116. The van der Waals surface area contributed by atoms with Crippen molar-refractivity contribution >= 4 is 46.6 Å². The van der Waals surface area contributed by atoms with Gasteiger partial charge in [-0.2, -0.15) is 0 Å². The lowest BCUT2D eigenvalue weighted by atomic mass is 10.1. The van der Waals surface area contributed by atoms with Gasteiger partial charge in [-0.05, 0) is 42.9 Å². The molecule has 0 radical (unpaired) electrons. The number of nitrogens with one attached hydrogen (secondary N) is 2. The molecule has 0 saturated carbocycles. The first-order valence-electron chi connectivity index (χ1n) is 9.00. The highest BCUT2D eigenvalue weighted by atomic mass is 35.5. The molecule has 0 bridgehead atoms. The van der Waals surface area contributed by atoms with E-state index in [1.807, 2.05) is 24.5 Å². The molecule has 1 aliphatic heterocycles. The first-order chi connectivity index (χ1) is 14.2. The Morgan fingerprint density at radius 3 is 2.73 bits per heavy atom. The third kappa shape index (κ3) is 5.20. The van der Waals surface area contributed by atoms with Crippen LogP contribution in [0.5, 0.6) is 0 Å². The number of benzene rings is 1. The molecule has 9 heteroatoms. The van der Waals surface area contributed by atoms with E-state index in [9.17, 15) is 18.8 Å². The first-order valence-corrected chi connectivity index (χ1v) is 10.3. The van der Waals surface area contributed by atoms with Gasteiger partial charge in [0.1, 0.15) is 11.6 Å². The quantitative estimate of drug-likeness (QED) is 0.493. The second-order valence-corrected chi connectivity index (χ2v) is 8.03. The Morgan fingerprint density at radius 2 is 2.00 bits per heavy atom. The highest BCUT2D eigenvalue weighted by Crippen LogP contribution is 2.24. The minimum atomic E-state index is -0.898. The summed E-state index contributed by atoms with van der Waals surface area (Å²) < 4.78 is 18.6. The fraction of sp³-hybridized carbons (Fsp3) is 0.190. The lowest BCUT2D eigenvalue weighted by Crippen LogP contribution is -2.29. The van der Waals surface area contributed by atoms with Crippen LogP contribution in [0, 0.1) is 18.7 Å². The summed E-state index contributed by atoms with van der Waals surface area (Å²) in [6.07, 6.45) is 4.60. The van der Waals surface area contributed by atoms with E-state index in [1.165, 1.54) is 36.9 Å². The average Bonchev–Trinajstić information content (AvgIpc) is 2.98. The number of hydrogen-bond donors (Lipinski definition) is 2. The number of rotatable bonds is 5. The van der Waals surface area contributed by atoms with E-state index in [4.69, 9.17) is 16.0 Å². The van der Waals surface area contributed by atoms with E-state index in [0.717, 1.165) is 12.5 Å². The van der Waals surface area contributed by atoms with Gasteiger partial charge in [-0.1, -0.05) is 42.4 Å². The molecule has 0 aliphatic carbocycles. The van der Waals surface area contributed by atoms with Crippen LogP contribution in [-0.4, -0.2) is 17.6 Å². The van der Waals surface area contributed by atoms with Crippen LogP contribution in [0.25, 0.3) is 0 Å². The number of thioether (sulfide) groups is 1. The van der Waals surface area contributed by atoms with Gasteiger partial charge in [-0.15, -0.1) is 0 Å². The van der Waals surface area contributed by atoms with Gasteiger partial charge < -0.3 is 15.1 Å². The minimum absolute atomic E-state index is 0.0754. The van der Waals surface area contributed by atoms with Gasteiger partial charge in [0, 0.05) is 11.8 Å². The summed E-state index contributed by atoms with van der Waals surface area (Å²) in [6.45, 7) is 3.54. The molecule has 2 heterocycles. The molecule has 1 aromatic heterocycles. The molecule has 0 spiro atoms. The molecule has 2 N–H and O–H groups in total. The van der Waals surface area contributed by atoms with Gasteiger partial charge in [0.2, 0.25) is 0 Å². The smallest absolute Gasteiger partial charge is 0.300 e. The number of furan rings is 1. The predicted molar refractivity (Wildman–Crippen MR) is 114 cm³/mol. The molecule has 1 aliphatic rings. The number of Topliss-reactive ketones (excluding diaryl/α,β-unsaturated/α-hetero) is 1. The number of hydrogen-bond acceptors (Lipinski definition) is 5. The SMILES string of the molecule is Cc1oc(C(=O)C(=O)NC2=CCC(C)C=CS2)cc1C(=O)Nc1ccc(F)c(Cl)c1. The number of carbonyl (C=O) groups is 3. The molecule has 156 valence electrons. The number of allylic oxidation sites excluding steroid dienone is 2. The van der Waals surface area contributed by atoms with Crippen LogP contribution in [0.2, 0.25) is 5.02 Å². The topological polar surface area (TPSA) is 88.4 Å². The third-order valence-electron chi connectivity index (χ3n) is 4.28.